The molecule has 8 heteroatoms. The Morgan fingerprint density at radius 1 is 1.21 bits per heavy atom. The molecule has 0 aliphatic carbocycles. The van der Waals surface area contributed by atoms with Gasteiger partial charge in [0.25, 0.3) is 0 Å². The van der Waals surface area contributed by atoms with Gasteiger partial charge in [-0.05, 0) is 29.8 Å². The zero-order valence-corrected chi connectivity index (χ0v) is 14.1. The molecule has 2 aromatic rings. The van der Waals surface area contributed by atoms with Gasteiger partial charge in [0, 0.05) is 18.1 Å². The highest BCUT2D eigenvalue weighted by molar-refractivity contribution is 9.10. The summed E-state index contributed by atoms with van der Waals surface area (Å²) < 4.78 is 52.5. The van der Waals surface area contributed by atoms with E-state index in [2.05, 4.69) is 21.2 Å². The molecule has 3 nitrogen and oxygen atoms in total. The molecule has 0 bridgehead atoms. The first-order chi connectivity index (χ1) is 11.2. The first-order valence-corrected chi connectivity index (χ1v) is 7.60. The van der Waals surface area contributed by atoms with Crippen molar-refractivity contribution in [2.75, 3.05) is 12.4 Å². The van der Waals surface area contributed by atoms with Gasteiger partial charge >= 0.3 is 12.2 Å². The number of nitrogens with zero attached hydrogens (tertiary/aromatic N) is 1. The second-order valence-electron chi connectivity index (χ2n) is 5.07. The number of halogens is 5. The van der Waals surface area contributed by atoms with Crippen LogP contribution in [0.1, 0.15) is 11.1 Å². The molecule has 0 fully saturated rings. The van der Waals surface area contributed by atoms with Crippen molar-refractivity contribution in [3.63, 3.8) is 0 Å². The minimum atomic E-state index is -4.62. The monoisotopic (exact) mass is 404 g/mol. The largest absolute Gasteiger partial charge is 0.416 e. The first-order valence-electron chi connectivity index (χ1n) is 6.81. The molecule has 0 heterocycles. The van der Waals surface area contributed by atoms with Gasteiger partial charge in [0.15, 0.2) is 0 Å². The molecule has 1 N–H and O–H groups in total. The summed E-state index contributed by atoms with van der Waals surface area (Å²) in [7, 11) is 1.46. The minimum absolute atomic E-state index is 0.202. The van der Waals surface area contributed by atoms with Crippen LogP contribution >= 0.6 is 15.9 Å². The van der Waals surface area contributed by atoms with Gasteiger partial charge in [-0.2, -0.15) is 13.2 Å². The molecule has 0 unspecified atom stereocenters. The molecule has 0 radical (unpaired) electrons. The van der Waals surface area contributed by atoms with Crippen LogP contribution in [-0.4, -0.2) is 18.0 Å². The van der Waals surface area contributed by atoms with Gasteiger partial charge in [0.05, 0.1) is 11.3 Å². The van der Waals surface area contributed by atoms with Crippen molar-refractivity contribution in [2.24, 2.45) is 0 Å². The number of carbonyl (C=O) groups is 1. The van der Waals surface area contributed by atoms with Crippen LogP contribution in [-0.2, 0) is 12.7 Å². The Kier molecular flexibility index (Phi) is 5.48. The van der Waals surface area contributed by atoms with Crippen molar-refractivity contribution in [3.05, 3.63) is 63.9 Å². The van der Waals surface area contributed by atoms with E-state index >= 15 is 0 Å². The molecule has 24 heavy (non-hydrogen) atoms. The summed E-state index contributed by atoms with van der Waals surface area (Å²) in [6.07, 6.45) is -4.62. The average Bonchev–Trinajstić information content (AvgIpc) is 2.50. The number of rotatable bonds is 3. The van der Waals surface area contributed by atoms with Crippen molar-refractivity contribution < 1.29 is 22.4 Å². The van der Waals surface area contributed by atoms with Gasteiger partial charge in [0.2, 0.25) is 0 Å². The molecule has 0 saturated heterocycles. The Labute approximate surface area is 144 Å². The number of anilines is 1. The lowest BCUT2D eigenvalue weighted by Gasteiger charge is -2.19. The molecule has 0 aliphatic heterocycles. The Bertz CT molecular complexity index is 749. The lowest BCUT2D eigenvalue weighted by atomic mass is 10.2. The molecule has 0 aromatic heterocycles. The van der Waals surface area contributed by atoms with E-state index < -0.39 is 29.3 Å². The van der Waals surface area contributed by atoms with Gasteiger partial charge in [0.1, 0.15) is 5.82 Å². The van der Waals surface area contributed by atoms with Gasteiger partial charge < -0.3 is 10.2 Å². The average molecular weight is 405 g/mol. The predicted molar refractivity (Wildman–Crippen MR) is 86.0 cm³/mol. The molecular weight excluding hydrogens is 392 g/mol. The Hall–Kier alpha value is -2.09. The maximum Gasteiger partial charge on any atom is 0.416 e. The molecule has 0 spiro atoms. The molecule has 128 valence electrons. The quantitative estimate of drug-likeness (QED) is 0.694. The molecule has 0 atom stereocenters. The fourth-order valence-corrected chi connectivity index (χ4v) is 2.37. The summed E-state index contributed by atoms with van der Waals surface area (Å²) >= 11 is 3.34. The van der Waals surface area contributed by atoms with Crippen LogP contribution in [0.5, 0.6) is 0 Å². The molecule has 0 aliphatic rings. The lowest BCUT2D eigenvalue weighted by molar-refractivity contribution is -0.137. The van der Waals surface area contributed by atoms with Crippen molar-refractivity contribution >= 4 is 27.6 Å². The predicted octanol–water partition coefficient (Wildman–Crippen LogP) is 5.27. The maximum absolute atomic E-state index is 13.7. The van der Waals surface area contributed by atoms with Crippen LogP contribution in [0.3, 0.4) is 0 Å². The summed E-state index contributed by atoms with van der Waals surface area (Å²) in [6, 6.07) is 8.33. The smallest absolute Gasteiger partial charge is 0.323 e. The van der Waals surface area contributed by atoms with Gasteiger partial charge in [-0.1, -0.05) is 34.1 Å². The third kappa shape index (κ3) is 4.47. The summed E-state index contributed by atoms with van der Waals surface area (Å²) in [5.41, 5.74) is -0.749. The first kappa shape index (κ1) is 18.3. The van der Waals surface area contributed by atoms with E-state index in [1.807, 2.05) is 6.07 Å². The van der Waals surface area contributed by atoms with Gasteiger partial charge in [-0.15, -0.1) is 0 Å². The van der Waals surface area contributed by atoms with Crippen LogP contribution in [0.25, 0.3) is 0 Å². The second kappa shape index (κ2) is 7.21. The molecular formula is C16H13BrF4N2O. The van der Waals surface area contributed by atoms with Crippen LogP contribution < -0.4 is 5.32 Å². The number of amides is 2. The summed E-state index contributed by atoms with van der Waals surface area (Å²) in [5, 5.41) is 2.16. The molecule has 2 rings (SSSR count). The lowest BCUT2D eigenvalue weighted by Crippen LogP contribution is -2.31. The highest BCUT2D eigenvalue weighted by Crippen LogP contribution is 2.31. The maximum atomic E-state index is 13.7. The zero-order chi connectivity index (χ0) is 17.9. The van der Waals surface area contributed by atoms with Crippen LogP contribution in [0.4, 0.5) is 28.0 Å². The van der Waals surface area contributed by atoms with Crippen LogP contribution in [0.2, 0.25) is 0 Å². The number of hydrogen-bond acceptors (Lipinski definition) is 1. The third-order valence-corrected chi connectivity index (χ3v) is 4.02. The van der Waals surface area contributed by atoms with Gasteiger partial charge in [-0.25, -0.2) is 9.18 Å². The second-order valence-corrected chi connectivity index (χ2v) is 5.92. The van der Waals surface area contributed by atoms with Crippen molar-refractivity contribution in [1.82, 2.24) is 4.90 Å². The van der Waals surface area contributed by atoms with Crippen LogP contribution in [0, 0.1) is 5.82 Å². The number of hydrogen-bond donors (Lipinski definition) is 1. The number of benzene rings is 2. The van der Waals surface area contributed by atoms with E-state index in [0.717, 1.165) is 10.0 Å². The Morgan fingerprint density at radius 2 is 1.88 bits per heavy atom. The van der Waals surface area contributed by atoms with E-state index in [1.165, 1.54) is 11.9 Å². The Balaban J connectivity index is 2.13. The third-order valence-electron chi connectivity index (χ3n) is 3.25. The fourth-order valence-electron chi connectivity index (χ4n) is 1.96. The van der Waals surface area contributed by atoms with Crippen molar-refractivity contribution in [3.8, 4) is 0 Å². The molecule has 2 amide bonds. The van der Waals surface area contributed by atoms with E-state index in [1.54, 1.807) is 18.2 Å². The van der Waals surface area contributed by atoms with Crippen LogP contribution in [0.15, 0.2) is 46.9 Å². The SMILES string of the molecule is CN(Cc1ccccc1Br)C(=O)Nc1cc(C(F)(F)F)ccc1F. The summed E-state index contributed by atoms with van der Waals surface area (Å²) in [6.45, 7) is 0.202. The minimum Gasteiger partial charge on any atom is -0.323 e. The van der Waals surface area contributed by atoms with Gasteiger partial charge in [-0.3, -0.25) is 0 Å². The molecule has 2 aromatic carbocycles. The number of carbonyl (C=O) groups excluding carboxylic acids is 1. The van der Waals surface area contributed by atoms with E-state index in [0.29, 0.717) is 18.2 Å². The fraction of sp³-hybridized carbons (Fsp3) is 0.188. The Morgan fingerprint density at radius 3 is 2.50 bits per heavy atom. The standard InChI is InChI=1S/C16H13BrF4N2O/c1-23(9-10-4-2-3-5-12(10)17)15(24)22-14-8-11(16(19,20)21)6-7-13(14)18/h2-8H,9H2,1H3,(H,22,24). The summed E-state index contributed by atoms with van der Waals surface area (Å²) in [4.78, 5) is 13.3. The number of urea groups is 1. The topological polar surface area (TPSA) is 32.3 Å². The van der Waals surface area contributed by atoms with E-state index in [9.17, 15) is 22.4 Å². The number of nitrogens with one attached hydrogen (secondary N) is 1. The summed E-state index contributed by atoms with van der Waals surface area (Å²) in [5.74, 6) is -0.939. The van der Waals surface area contributed by atoms with Crippen molar-refractivity contribution in [1.29, 1.82) is 0 Å². The molecule has 0 saturated carbocycles. The van der Waals surface area contributed by atoms with E-state index in [-0.39, 0.29) is 6.54 Å². The highest BCUT2D eigenvalue weighted by atomic mass is 79.9. The van der Waals surface area contributed by atoms with Crippen molar-refractivity contribution in [2.45, 2.75) is 12.7 Å². The highest BCUT2D eigenvalue weighted by Gasteiger charge is 2.31. The van der Waals surface area contributed by atoms with E-state index in [4.69, 9.17) is 0 Å². The number of alkyl halides is 3. The normalized spacial score (nSPS) is 11.2. The zero-order valence-electron chi connectivity index (χ0n) is 12.5.